The monoisotopic (exact) mass is 265 g/mol. The lowest BCUT2D eigenvalue weighted by molar-refractivity contribution is 0.179. The Labute approximate surface area is 113 Å². The quantitative estimate of drug-likeness (QED) is 0.738. The molecule has 0 amide bonds. The van der Waals surface area contributed by atoms with Crippen LogP contribution in [-0.4, -0.2) is 41.0 Å². The summed E-state index contributed by atoms with van der Waals surface area (Å²) in [4.78, 5) is 21.7. The first-order valence-corrected chi connectivity index (χ1v) is 6.85. The normalized spacial score (nSPS) is 18.7. The zero-order chi connectivity index (χ0) is 14.0. The zero-order valence-corrected chi connectivity index (χ0v) is 11.9. The highest BCUT2D eigenvalue weighted by Gasteiger charge is 2.21. The van der Waals surface area contributed by atoms with Gasteiger partial charge in [-0.25, -0.2) is 4.98 Å². The highest BCUT2D eigenvalue weighted by molar-refractivity contribution is 5.40. The summed E-state index contributed by atoms with van der Waals surface area (Å²) >= 11 is 0. The number of aromatic nitrogens is 2. The molecule has 1 unspecified atom stereocenters. The Balaban J connectivity index is 2.28. The van der Waals surface area contributed by atoms with E-state index in [4.69, 9.17) is 5.73 Å². The molecule has 2 rings (SSSR count). The first kappa shape index (κ1) is 14.0. The lowest BCUT2D eigenvalue weighted by Gasteiger charge is -2.32. The van der Waals surface area contributed by atoms with Crippen molar-refractivity contribution in [1.82, 2.24) is 20.2 Å². The molecule has 0 spiro atoms. The van der Waals surface area contributed by atoms with Crippen LogP contribution in [0.4, 0.5) is 5.82 Å². The van der Waals surface area contributed by atoms with E-state index < -0.39 is 0 Å². The fourth-order valence-electron chi connectivity index (χ4n) is 2.52. The number of rotatable bonds is 3. The third-order valence-corrected chi connectivity index (χ3v) is 3.68. The van der Waals surface area contributed by atoms with E-state index in [1.54, 1.807) is 0 Å². The van der Waals surface area contributed by atoms with E-state index in [1.807, 2.05) is 13.8 Å². The second kappa shape index (κ2) is 5.71. The van der Waals surface area contributed by atoms with Crippen molar-refractivity contribution in [3.63, 3.8) is 0 Å². The Morgan fingerprint density at radius 1 is 1.26 bits per heavy atom. The third kappa shape index (κ3) is 2.96. The van der Waals surface area contributed by atoms with Gasteiger partial charge in [0.25, 0.3) is 5.56 Å². The average Bonchev–Trinajstić information content (AvgIpc) is 2.37. The van der Waals surface area contributed by atoms with Gasteiger partial charge < -0.3 is 16.0 Å². The van der Waals surface area contributed by atoms with Gasteiger partial charge in [0.2, 0.25) is 0 Å². The van der Waals surface area contributed by atoms with Crippen molar-refractivity contribution < 1.29 is 0 Å². The van der Waals surface area contributed by atoms with Crippen molar-refractivity contribution in [3.8, 4) is 0 Å². The Morgan fingerprint density at radius 3 is 2.42 bits per heavy atom. The molecule has 0 aromatic carbocycles. The van der Waals surface area contributed by atoms with Gasteiger partial charge in [-0.2, -0.15) is 0 Å². The van der Waals surface area contributed by atoms with Crippen LogP contribution in [0.1, 0.15) is 44.1 Å². The summed E-state index contributed by atoms with van der Waals surface area (Å²) < 4.78 is 0. The van der Waals surface area contributed by atoms with Crippen LogP contribution in [0.5, 0.6) is 0 Å². The van der Waals surface area contributed by atoms with Crippen LogP contribution in [0.3, 0.4) is 0 Å². The molecule has 6 nitrogen and oxygen atoms in total. The van der Waals surface area contributed by atoms with Gasteiger partial charge >= 0.3 is 0 Å². The van der Waals surface area contributed by atoms with Crippen molar-refractivity contribution in [2.45, 2.75) is 32.7 Å². The molecule has 0 aliphatic carbocycles. The van der Waals surface area contributed by atoms with E-state index in [1.165, 1.54) is 0 Å². The minimum absolute atomic E-state index is 0.0818. The zero-order valence-electron chi connectivity index (χ0n) is 11.9. The lowest BCUT2D eigenvalue weighted by Crippen LogP contribution is -2.45. The minimum Gasteiger partial charge on any atom is -0.383 e. The highest BCUT2D eigenvalue weighted by atomic mass is 16.1. The Bertz CT molecular complexity index is 490. The van der Waals surface area contributed by atoms with Crippen molar-refractivity contribution in [3.05, 3.63) is 21.7 Å². The Morgan fingerprint density at radius 2 is 1.89 bits per heavy atom. The molecule has 1 fully saturated rings. The predicted molar refractivity (Wildman–Crippen MR) is 76.2 cm³/mol. The van der Waals surface area contributed by atoms with Gasteiger partial charge in [-0.15, -0.1) is 0 Å². The molecule has 106 valence electrons. The maximum Gasteiger partial charge on any atom is 0.256 e. The van der Waals surface area contributed by atoms with E-state index in [-0.39, 0.29) is 17.5 Å². The molecular formula is C13H23N5O. The van der Waals surface area contributed by atoms with Gasteiger partial charge in [-0.1, -0.05) is 13.8 Å². The smallest absolute Gasteiger partial charge is 0.256 e. The van der Waals surface area contributed by atoms with Gasteiger partial charge in [0.05, 0.1) is 11.6 Å². The number of hydrogen-bond acceptors (Lipinski definition) is 5. The number of hydrogen-bond donors (Lipinski definition) is 3. The first-order valence-electron chi connectivity index (χ1n) is 6.85. The topological polar surface area (TPSA) is 87.0 Å². The van der Waals surface area contributed by atoms with Gasteiger partial charge in [0, 0.05) is 26.2 Å². The SMILES string of the molecule is CC(C)c1c(N)nc(C(C)N2CCNCC2)[nH]c1=O. The van der Waals surface area contributed by atoms with E-state index in [0.717, 1.165) is 26.2 Å². The van der Waals surface area contributed by atoms with Crippen molar-refractivity contribution >= 4 is 5.82 Å². The van der Waals surface area contributed by atoms with E-state index >= 15 is 0 Å². The molecule has 0 radical (unpaired) electrons. The van der Waals surface area contributed by atoms with Crippen molar-refractivity contribution in [2.75, 3.05) is 31.9 Å². The number of piperazine rings is 1. The molecule has 1 saturated heterocycles. The van der Waals surface area contributed by atoms with E-state index in [2.05, 4.69) is 27.1 Å². The van der Waals surface area contributed by atoms with Crippen LogP contribution in [0.15, 0.2) is 4.79 Å². The van der Waals surface area contributed by atoms with Gasteiger partial charge in [0.1, 0.15) is 11.6 Å². The van der Waals surface area contributed by atoms with Crippen LogP contribution >= 0.6 is 0 Å². The number of nitrogen functional groups attached to an aromatic ring is 1. The summed E-state index contributed by atoms with van der Waals surface area (Å²) in [6, 6.07) is 0.0818. The molecular weight excluding hydrogens is 242 g/mol. The third-order valence-electron chi connectivity index (χ3n) is 3.68. The molecule has 1 aromatic rings. The van der Waals surface area contributed by atoms with Crippen LogP contribution in [-0.2, 0) is 0 Å². The molecule has 2 heterocycles. The van der Waals surface area contributed by atoms with Crippen LogP contribution in [0, 0.1) is 0 Å². The highest BCUT2D eigenvalue weighted by Crippen LogP contribution is 2.20. The number of H-pyrrole nitrogens is 1. The minimum atomic E-state index is -0.112. The second-order valence-corrected chi connectivity index (χ2v) is 5.37. The molecule has 0 bridgehead atoms. The number of nitrogens with one attached hydrogen (secondary N) is 2. The van der Waals surface area contributed by atoms with Crippen LogP contribution < -0.4 is 16.6 Å². The van der Waals surface area contributed by atoms with Gasteiger partial charge in [-0.3, -0.25) is 9.69 Å². The molecule has 0 saturated carbocycles. The van der Waals surface area contributed by atoms with Crippen LogP contribution in [0.25, 0.3) is 0 Å². The molecule has 1 aromatic heterocycles. The summed E-state index contributed by atoms with van der Waals surface area (Å²) in [5.41, 5.74) is 6.40. The molecule has 1 atom stereocenters. The molecule has 1 aliphatic rings. The largest absolute Gasteiger partial charge is 0.383 e. The maximum absolute atomic E-state index is 12.1. The van der Waals surface area contributed by atoms with Crippen LogP contribution in [0.2, 0.25) is 0 Å². The van der Waals surface area contributed by atoms with E-state index in [9.17, 15) is 4.79 Å². The van der Waals surface area contributed by atoms with Gasteiger partial charge in [-0.05, 0) is 12.8 Å². The average molecular weight is 265 g/mol. The summed E-state index contributed by atoms with van der Waals surface area (Å²) in [6.07, 6.45) is 0. The van der Waals surface area contributed by atoms with E-state index in [0.29, 0.717) is 17.2 Å². The summed E-state index contributed by atoms with van der Waals surface area (Å²) in [7, 11) is 0. The summed E-state index contributed by atoms with van der Waals surface area (Å²) in [5, 5.41) is 3.31. The Kier molecular flexibility index (Phi) is 4.21. The summed E-state index contributed by atoms with van der Waals surface area (Å²) in [5.74, 6) is 1.10. The first-order chi connectivity index (χ1) is 9.00. The molecule has 6 heteroatoms. The number of nitrogens with zero attached hydrogens (tertiary/aromatic N) is 2. The van der Waals surface area contributed by atoms with Crippen molar-refractivity contribution in [1.29, 1.82) is 0 Å². The maximum atomic E-state index is 12.1. The fourth-order valence-corrected chi connectivity index (χ4v) is 2.52. The molecule has 4 N–H and O–H groups in total. The second-order valence-electron chi connectivity index (χ2n) is 5.37. The molecule has 19 heavy (non-hydrogen) atoms. The molecule has 1 aliphatic heterocycles. The van der Waals surface area contributed by atoms with Gasteiger partial charge in [0.15, 0.2) is 0 Å². The predicted octanol–water partition coefficient (Wildman–Crippen LogP) is 0.442. The summed E-state index contributed by atoms with van der Waals surface area (Å²) in [6.45, 7) is 9.79. The number of anilines is 1. The Hall–Kier alpha value is -1.40. The number of aromatic amines is 1. The number of nitrogens with two attached hydrogens (primary N) is 1. The lowest BCUT2D eigenvalue weighted by atomic mass is 10.1. The standard InChI is InChI=1S/C13H23N5O/c1-8(2)10-11(14)16-12(17-13(10)19)9(3)18-6-4-15-5-7-18/h8-9,15H,4-7H2,1-3H3,(H3,14,16,17,19). The fraction of sp³-hybridized carbons (Fsp3) is 0.692. The van der Waals surface area contributed by atoms with Crippen molar-refractivity contribution in [2.24, 2.45) is 0 Å².